The minimum atomic E-state index is -0.505. The van der Waals surface area contributed by atoms with E-state index in [1.807, 2.05) is 60.7 Å². The molecule has 0 saturated carbocycles. The Bertz CT molecular complexity index is 3140. The second-order valence-electron chi connectivity index (χ2n) is 15.5. The van der Waals surface area contributed by atoms with Crippen molar-refractivity contribution >= 4 is 21.9 Å². The van der Waals surface area contributed by atoms with Crippen molar-refractivity contribution in [1.29, 1.82) is 0 Å². The molecule has 292 valence electrons. The summed E-state index contributed by atoms with van der Waals surface area (Å²) in [6.07, 6.45) is 0. The fourth-order valence-corrected chi connectivity index (χ4v) is 8.96. The molecule has 2 aromatic heterocycles. The first-order valence-corrected chi connectivity index (χ1v) is 20.9. The van der Waals surface area contributed by atoms with Crippen LogP contribution in [0.5, 0.6) is 0 Å². The fourth-order valence-electron chi connectivity index (χ4n) is 8.96. The molecule has 0 bridgehead atoms. The maximum absolute atomic E-state index is 6.49. The molecule has 0 aliphatic rings. The van der Waals surface area contributed by atoms with Gasteiger partial charge in [-0.15, -0.1) is 0 Å². The van der Waals surface area contributed by atoms with E-state index >= 15 is 0 Å². The molecule has 0 unspecified atom stereocenters. The molecule has 2 heterocycles. The summed E-state index contributed by atoms with van der Waals surface area (Å²) in [6.45, 7) is 0. The Balaban J connectivity index is 0.977. The molecule has 0 N–H and O–H groups in total. The molecular formula is C58H39N3O. The molecular weight excluding hydrogens is 755 g/mol. The molecule has 0 spiro atoms. The Kier molecular flexibility index (Phi) is 9.36. The first kappa shape index (κ1) is 36.8. The van der Waals surface area contributed by atoms with Crippen LogP contribution < -0.4 is 0 Å². The third-order valence-electron chi connectivity index (χ3n) is 11.9. The van der Waals surface area contributed by atoms with Crippen LogP contribution in [0.25, 0.3) is 78.4 Å². The summed E-state index contributed by atoms with van der Waals surface area (Å²) in [5.74, 6) is 1.91. The highest BCUT2D eigenvalue weighted by Gasteiger charge is 2.38. The van der Waals surface area contributed by atoms with Gasteiger partial charge in [-0.25, -0.2) is 15.0 Å². The summed E-state index contributed by atoms with van der Waals surface area (Å²) in [4.78, 5) is 14.8. The highest BCUT2D eigenvalue weighted by Crippen LogP contribution is 2.46. The third kappa shape index (κ3) is 6.55. The molecule has 4 nitrogen and oxygen atoms in total. The molecule has 0 aliphatic heterocycles. The Morgan fingerprint density at radius 2 is 0.694 bits per heavy atom. The van der Waals surface area contributed by atoms with Gasteiger partial charge in [-0.05, 0) is 62.7 Å². The smallest absolute Gasteiger partial charge is 0.164 e. The maximum atomic E-state index is 6.49. The highest BCUT2D eigenvalue weighted by atomic mass is 16.3. The monoisotopic (exact) mass is 793 g/mol. The van der Waals surface area contributed by atoms with Gasteiger partial charge in [-0.1, -0.05) is 218 Å². The van der Waals surface area contributed by atoms with E-state index in [4.69, 9.17) is 19.4 Å². The maximum Gasteiger partial charge on any atom is 0.164 e. The molecule has 9 aromatic carbocycles. The second-order valence-corrected chi connectivity index (χ2v) is 15.5. The van der Waals surface area contributed by atoms with Gasteiger partial charge in [-0.2, -0.15) is 0 Å². The SMILES string of the molecule is c1ccc(-c2nc(-c3ccccc3)nc(-c3ccc(-c4cccc5oc6ccc(-c7ccc(C(c8ccccc8)(c8ccccc8)c8ccccc8)cc7)cc6c45)cc3)n2)cc1. The van der Waals surface area contributed by atoms with Crippen molar-refractivity contribution in [3.8, 4) is 56.4 Å². The Morgan fingerprint density at radius 3 is 1.19 bits per heavy atom. The Hall–Kier alpha value is -8.21. The predicted octanol–water partition coefficient (Wildman–Crippen LogP) is 14.5. The summed E-state index contributed by atoms with van der Waals surface area (Å²) in [5.41, 5.74) is 13.3. The third-order valence-corrected chi connectivity index (χ3v) is 11.9. The van der Waals surface area contributed by atoms with Crippen molar-refractivity contribution < 1.29 is 4.42 Å². The minimum absolute atomic E-state index is 0.505. The molecule has 0 atom stereocenters. The van der Waals surface area contributed by atoms with E-state index in [0.717, 1.165) is 60.9 Å². The summed E-state index contributed by atoms with van der Waals surface area (Å²) in [7, 11) is 0. The van der Waals surface area contributed by atoms with Crippen LogP contribution in [0.4, 0.5) is 0 Å². The number of aromatic nitrogens is 3. The van der Waals surface area contributed by atoms with E-state index in [1.54, 1.807) is 0 Å². The first-order valence-electron chi connectivity index (χ1n) is 20.9. The van der Waals surface area contributed by atoms with Gasteiger partial charge in [0.15, 0.2) is 17.5 Å². The topological polar surface area (TPSA) is 51.8 Å². The summed E-state index contributed by atoms with van der Waals surface area (Å²) >= 11 is 0. The van der Waals surface area contributed by atoms with Crippen LogP contribution in [-0.2, 0) is 5.41 Å². The predicted molar refractivity (Wildman–Crippen MR) is 253 cm³/mol. The molecule has 0 fully saturated rings. The van der Waals surface area contributed by atoms with Crippen LogP contribution >= 0.6 is 0 Å². The van der Waals surface area contributed by atoms with Gasteiger partial charge < -0.3 is 4.42 Å². The molecule has 0 aliphatic carbocycles. The fraction of sp³-hybridized carbons (Fsp3) is 0.0172. The van der Waals surface area contributed by atoms with Crippen molar-refractivity contribution in [2.75, 3.05) is 0 Å². The molecule has 4 heteroatoms. The zero-order chi connectivity index (χ0) is 41.3. The van der Waals surface area contributed by atoms with Gasteiger partial charge in [-0.3, -0.25) is 0 Å². The van der Waals surface area contributed by atoms with Crippen LogP contribution in [0.3, 0.4) is 0 Å². The summed E-state index contributed by atoms with van der Waals surface area (Å²) in [6, 6.07) is 83.1. The van der Waals surface area contributed by atoms with Gasteiger partial charge in [0.2, 0.25) is 0 Å². The van der Waals surface area contributed by atoms with Crippen LogP contribution in [0.2, 0.25) is 0 Å². The lowest BCUT2D eigenvalue weighted by atomic mass is 9.65. The normalized spacial score (nSPS) is 11.5. The Morgan fingerprint density at radius 1 is 0.290 bits per heavy atom. The Labute approximate surface area is 360 Å². The van der Waals surface area contributed by atoms with Crippen molar-refractivity contribution in [1.82, 2.24) is 15.0 Å². The molecule has 0 saturated heterocycles. The van der Waals surface area contributed by atoms with Crippen LogP contribution in [0, 0.1) is 0 Å². The zero-order valence-electron chi connectivity index (χ0n) is 33.8. The van der Waals surface area contributed by atoms with Gasteiger partial charge in [0.1, 0.15) is 11.2 Å². The van der Waals surface area contributed by atoms with E-state index in [0.29, 0.717) is 17.5 Å². The van der Waals surface area contributed by atoms with Gasteiger partial charge in [0.05, 0.1) is 5.41 Å². The van der Waals surface area contributed by atoms with Gasteiger partial charge in [0, 0.05) is 27.5 Å². The standard InChI is InChI=1S/C58H39N3O/c1-6-17-42(18-7-1)55-59-56(43-19-8-2-9-20-43)61-57(60-55)44-31-29-41(30-32-44)50-27-16-28-53-54(50)51-39-45(35-38-52(51)62-53)40-33-36-49(37-34-40)58(46-21-10-3-11-22-46,47-23-12-4-13-24-47)48-25-14-5-15-26-48/h1-39H. The van der Waals surface area contributed by atoms with Crippen LogP contribution in [0.15, 0.2) is 241 Å². The summed E-state index contributed by atoms with van der Waals surface area (Å²) in [5, 5.41) is 2.16. The van der Waals surface area contributed by atoms with Crippen molar-refractivity contribution in [3.63, 3.8) is 0 Å². The van der Waals surface area contributed by atoms with E-state index in [-0.39, 0.29) is 0 Å². The average Bonchev–Trinajstić information content (AvgIpc) is 3.74. The molecule has 11 rings (SSSR count). The molecule has 11 aromatic rings. The van der Waals surface area contributed by atoms with E-state index in [9.17, 15) is 0 Å². The van der Waals surface area contributed by atoms with Gasteiger partial charge in [0.25, 0.3) is 0 Å². The molecule has 62 heavy (non-hydrogen) atoms. The largest absolute Gasteiger partial charge is 0.456 e. The highest BCUT2D eigenvalue weighted by molar-refractivity contribution is 6.13. The average molecular weight is 794 g/mol. The van der Waals surface area contributed by atoms with Crippen molar-refractivity contribution in [2.24, 2.45) is 0 Å². The van der Waals surface area contributed by atoms with E-state index in [2.05, 4.69) is 176 Å². The molecule has 0 amide bonds. The van der Waals surface area contributed by atoms with Crippen molar-refractivity contribution in [3.05, 3.63) is 259 Å². The number of benzene rings is 9. The lowest BCUT2D eigenvalue weighted by molar-refractivity contribution is 0.669. The molecule has 0 radical (unpaired) electrons. The number of rotatable bonds is 9. The number of nitrogens with zero attached hydrogens (tertiary/aromatic N) is 3. The lowest BCUT2D eigenvalue weighted by Gasteiger charge is -2.37. The van der Waals surface area contributed by atoms with E-state index < -0.39 is 5.41 Å². The number of hydrogen-bond donors (Lipinski definition) is 0. The van der Waals surface area contributed by atoms with Gasteiger partial charge >= 0.3 is 0 Å². The quantitative estimate of drug-likeness (QED) is 0.137. The van der Waals surface area contributed by atoms with Crippen LogP contribution in [0.1, 0.15) is 22.3 Å². The summed E-state index contributed by atoms with van der Waals surface area (Å²) < 4.78 is 6.49. The second kappa shape index (κ2) is 15.8. The van der Waals surface area contributed by atoms with Crippen molar-refractivity contribution in [2.45, 2.75) is 5.41 Å². The first-order chi connectivity index (χ1) is 30.7. The minimum Gasteiger partial charge on any atom is -0.456 e. The zero-order valence-corrected chi connectivity index (χ0v) is 33.8. The van der Waals surface area contributed by atoms with Crippen LogP contribution in [-0.4, -0.2) is 15.0 Å². The lowest BCUT2D eigenvalue weighted by Crippen LogP contribution is -2.30. The number of hydrogen-bond acceptors (Lipinski definition) is 4. The number of furan rings is 1. The van der Waals surface area contributed by atoms with E-state index in [1.165, 1.54) is 22.3 Å². The number of fused-ring (bicyclic) bond motifs is 3.